The zero-order chi connectivity index (χ0) is 19.3. The van der Waals surface area contributed by atoms with Crippen molar-refractivity contribution in [1.82, 2.24) is 15.3 Å². The highest BCUT2D eigenvalue weighted by atomic mass is 79.9. The van der Waals surface area contributed by atoms with Crippen LogP contribution in [0.5, 0.6) is 0 Å². The van der Waals surface area contributed by atoms with E-state index in [1.165, 1.54) is 12.8 Å². The first kappa shape index (κ1) is 19.2. The van der Waals surface area contributed by atoms with E-state index in [4.69, 9.17) is 0 Å². The highest BCUT2D eigenvalue weighted by Crippen LogP contribution is 2.25. The smallest absolute Gasteiger partial charge is 0.223 e. The van der Waals surface area contributed by atoms with E-state index in [0.29, 0.717) is 6.54 Å². The molecule has 2 fully saturated rings. The van der Waals surface area contributed by atoms with Crippen molar-refractivity contribution in [2.75, 3.05) is 36.0 Å². The molecule has 3 heterocycles. The van der Waals surface area contributed by atoms with Crippen molar-refractivity contribution in [2.24, 2.45) is 5.92 Å². The molecule has 148 valence electrons. The molecule has 2 aliphatic heterocycles. The SMILES string of the molecule is O=C(NCc1ccc(Br)cc1)C1CCN(c2cc(N3CCCC3)ncn2)CC1. The fourth-order valence-corrected chi connectivity index (χ4v) is 4.20. The molecule has 0 bridgehead atoms. The molecule has 2 saturated heterocycles. The predicted octanol–water partition coefficient (Wildman–Crippen LogP) is 3.37. The van der Waals surface area contributed by atoms with Gasteiger partial charge in [-0.05, 0) is 43.4 Å². The Bertz CT molecular complexity index is 799. The van der Waals surface area contributed by atoms with E-state index >= 15 is 0 Å². The van der Waals surface area contributed by atoms with Gasteiger partial charge in [-0.1, -0.05) is 28.1 Å². The topological polar surface area (TPSA) is 61.4 Å². The molecule has 28 heavy (non-hydrogen) atoms. The van der Waals surface area contributed by atoms with Crippen LogP contribution in [-0.2, 0) is 11.3 Å². The lowest BCUT2D eigenvalue weighted by Crippen LogP contribution is -2.40. The number of nitrogens with zero attached hydrogens (tertiary/aromatic N) is 4. The molecular formula is C21H26BrN5O. The third-order valence-corrected chi connectivity index (χ3v) is 6.17. The first-order valence-corrected chi connectivity index (χ1v) is 10.8. The number of carbonyl (C=O) groups is 1. The Morgan fingerprint density at radius 2 is 1.61 bits per heavy atom. The molecular weight excluding hydrogens is 418 g/mol. The van der Waals surface area contributed by atoms with Crippen molar-refractivity contribution in [3.05, 3.63) is 46.7 Å². The van der Waals surface area contributed by atoms with Gasteiger partial charge in [0.1, 0.15) is 18.0 Å². The molecule has 0 unspecified atom stereocenters. The van der Waals surface area contributed by atoms with Crippen LogP contribution in [0.1, 0.15) is 31.2 Å². The van der Waals surface area contributed by atoms with Crippen LogP contribution in [0.3, 0.4) is 0 Å². The van der Waals surface area contributed by atoms with Gasteiger partial charge >= 0.3 is 0 Å². The van der Waals surface area contributed by atoms with Gasteiger partial charge in [0.05, 0.1) is 0 Å². The molecule has 0 atom stereocenters. The standard InChI is InChI=1S/C21H26BrN5O/c22-18-5-3-16(4-6-18)14-23-21(28)17-7-11-27(12-8-17)20-13-19(24-15-25-20)26-9-1-2-10-26/h3-6,13,15,17H,1-2,7-12,14H2,(H,23,28). The first-order valence-electron chi connectivity index (χ1n) is 10.0. The lowest BCUT2D eigenvalue weighted by atomic mass is 9.96. The molecule has 1 amide bonds. The molecule has 0 radical (unpaired) electrons. The van der Waals surface area contributed by atoms with Gasteiger partial charge in [-0.3, -0.25) is 4.79 Å². The van der Waals surface area contributed by atoms with Gasteiger partial charge in [0, 0.05) is 49.2 Å². The molecule has 0 spiro atoms. The number of carbonyl (C=O) groups excluding carboxylic acids is 1. The van der Waals surface area contributed by atoms with Gasteiger partial charge in [0.2, 0.25) is 5.91 Å². The number of rotatable bonds is 5. The zero-order valence-corrected chi connectivity index (χ0v) is 17.6. The van der Waals surface area contributed by atoms with Crippen LogP contribution in [0.15, 0.2) is 41.1 Å². The van der Waals surface area contributed by atoms with E-state index in [9.17, 15) is 4.79 Å². The third-order valence-electron chi connectivity index (χ3n) is 5.64. The number of halogens is 1. The maximum Gasteiger partial charge on any atom is 0.223 e. The fraction of sp³-hybridized carbons (Fsp3) is 0.476. The maximum atomic E-state index is 12.5. The molecule has 2 aromatic rings. The van der Waals surface area contributed by atoms with E-state index in [1.807, 2.05) is 24.3 Å². The average Bonchev–Trinajstić information content (AvgIpc) is 3.28. The van der Waals surface area contributed by atoms with Gasteiger partial charge in [-0.2, -0.15) is 0 Å². The van der Waals surface area contributed by atoms with Crippen molar-refractivity contribution >= 4 is 33.5 Å². The van der Waals surface area contributed by atoms with Gasteiger partial charge in [0.15, 0.2) is 0 Å². The maximum absolute atomic E-state index is 12.5. The Morgan fingerprint density at radius 1 is 1.00 bits per heavy atom. The van der Waals surface area contributed by atoms with Crippen LogP contribution in [0, 0.1) is 5.92 Å². The van der Waals surface area contributed by atoms with Crippen LogP contribution in [-0.4, -0.2) is 42.1 Å². The number of hydrogen-bond donors (Lipinski definition) is 1. The van der Waals surface area contributed by atoms with Crippen molar-refractivity contribution in [1.29, 1.82) is 0 Å². The van der Waals surface area contributed by atoms with Crippen LogP contribution >= 0.6 is 15.9 Å². The number of anilines is 2. The van der Waals surface area contributed by atoms with Gasteiger partial charge in [0.25, 0.3) is 0 Å². The van der Waals surface area contributed by atoms with Crippen LogP contribution in [0.2, 0.25) is 0 Å². The summed E-state index contributed by atoms with van der Waals surface area (Å²) in [7, 11) is 0. The Labute approximate surface area is 174 Å². The summed E-state index contributed by atoms with van der Waals surface area (Å²) in [5, 5.41) is 3.08. The fourth-order valence-electron chi connectivity index (χ4n) is 3.94. The summed E-state index contributed by atoms with van der Waals surface area (Å²) >= 11 is 3.43. The first-order chi connectivity index (χ1) is 13.7. The highest BCUT2D eigenvalue weighted by molar-refractivity contribution is 9.10. The van der Waals surface area contributed by atoms with Crippen molar-refractivity contribution in [3.8, 4) is 0 Å². The minimum absolute atomic E-state index is 0.0755. The lowest BCUT2D eigenvalue weighted by molar-refractivity contribution is -0.125. The third kappa shape index (κ3) is 4.63. The van der Waals surface area contributed by atoms with E-state index in [1.54, 1.807) is 6.33 Å². The lowest BCUT2D eigenvalue weighted by Gasteiger charge is -2.32. The van der Waals surface area contributed by atoms with Crippen LogP contribution < -0.4 is 15.1 Å². The number of hydrogen-bond acceptors (Lipinski definition) is 5. The largest absolute Gasteiger partial charge is 0.356 e. The summed E-state index contributed by atoms with van der Waals surface area (Å²) in [6.45, 7) is 4.45. The normalized spacial score (nSPS) is 17.8. The van der Waals surface area contributed by atoms with Crippen molar-refractivity contribution < 1.29 is 4.79 Å². The summed E-state index contributed by atoms with van der Waals surface area (Å²) in [6.07, 6.45) is 5.85. The zero-order valence-electron chi connectivity index (χ0n) is 16.0. The van der Waals surface area contributed by atoms with E-state index in [0.717, 1.165) is 60.7 Å². The monoisotopic (exact) mass is 443 g/mol. The van der Waals surface area contributed by atoms with E-state index < -0.39 is 0 Å². The minimum Gasteiger partial charge on any atom is -0.356 e. The van der Waals surface area contributed by atoms with Gasteiger partial charge in [-0.25, -0.2) is 9.97 Å². The molecule has 0 aliphatic carbocycles. The second-order valence-corrected chi connectivity index (χ2v) is 8.45. The molecule has 6 nitrogen and oxygen atoms in total. The quantitative estimate of drug-likeness (QED) is 0.767. The van der Waals surface area contributed by atoms with Crippen molar-refractivity contribution in [2.45, 2.75) is 32.2 Å². The molecule has 1 aromatic heterocycles. The Balaban J connectivity index is 1.28. The van der Waals surface area contributed by atoms with Crippen LogP contribution in [0.4, 0.5) is 11.6 Å². The number of amides is 1. The number of nitrogens with one attached hydrogen (secondary N) is 1. The molecule has 2 aliphatic rings. The molecule has 1 N–H and O–H groups in total. The molecule has 4 rings (SSSR count). The summed E-state index contributed by atoms with van der Waals surface area (Å²) in [5.74, 6) is 2.23. The number of piperidine rings is 1. The second-order valence-electron chi connectivity index (χ2n) is 7.53. The Kier molecular flexibility index (Phi) is 6.10. The van der Waals surface area contributed by atoms with Crippen LogP contribution in [0.25, 0.3) is 0 Å². The van der Waals surface area contributed by atoms with Gasteiger partial charge < -0.3 is 15.1 Å². The summed E-state index contributed by atoms with van der Waals surface area (Å²) in [6, 6.07) is 10.1. The highest BCUT2D eigenvalue weighted by Gasteiger charge is 2.26. The van der Waals surface area contributed by atoms with Crippen molar-refractivity contribution in [3.63, 3.8) is 0 Å². The average molecular weight is 444 g/mol. The summed E-state index contributed by atoms with van der Waals surface area (Å²) in [4.78, 5) is 26.1. The minimum atomic E-state index is 0.0755. The van der Waals surface area contributed by atoms with E-state index in [2.05, 4.69) is 47.1 Å². The summed E-state index contributed by atoms with van der Waals surface area (Å²) in [5.41, 5.74) is 1.12. The summed E-state index contributed by atoms with van der Waals surface area (Å²) < 4.78 is 1.05. The molecule has 7 heteroatoms. The number of benzene rings is 1. The second kappa shape index (κ2) is 8.90. The number of aromatic nitrogens is 2. The molecule has 0 saturated carbocycles. The predicted molar refractivity (Wildman–Crippen MR) is 114 cm³/mol. The Morgan fingerprint density at radius 3 is 2.25 bits per heavy atom. The van der Waals surface area contributed by atoms with Gasteiger partial charge in [-0.15, -0.1) is 0 Å². The molecule has 1 aromatic carbocycles. The van der Waals surface area contributed by atoms with E-state index in [-0.39, 0.29) is 11.8 Å². The Hall–Kier alpha value is -2.15.